The van der Waals surface area contributed by atoms with Crippen molar-refractivity contribution in [1.82, 2.24) is 0 Å². The summed E-state index contributed by atoms with van der Waals surface area (Å²) in [7, 11) is 0. The second kappa shape index (κ2) is 10.9. The average molecular weight is 554 g/mol. The SMILES string of the molecule is O=C(C[N+]12CCC(CC1)[C@@H](OC(=O)C(F)(c1ccccc1)c1ccccc1)C2)Oc1ccccc1.[Br-]. The fraction of sp³-hybridized carbons (Fsp3) is 0.310. The Morgan fingerprint density at radius 1 is 0.833 bits per heavy atom. The first-order chi connectivity index (χ1) is 17.0. The number of fused-ring (bicyclic) bond motifs is 3. The fourth-order valence-electron chi connectivity index (χ4n) is 5.46. The first kappa shape index (κ1) is 26.0. The minimum atomic E-state index is -2.41. The van der Waals surface area contributed by atoms with Crippen LogP contribution in [0.5, 0.6) is 5.75 Å². The molecule has 0 N–H and O–H groups in total. The van der Waals surface area contributed by atoms with Gasteiger partial charge in [0.2, 0.25) is 0 Å². The Morgan fingerprint density at radius 2 is 1.33 bits per heavy atom. The number of piperidine rings is 3. The van der Waals surface area contributed by atoms with Crippen LogP contribution in [0.15, 0.2) is 91.0 Å². The van der Waals surface area contributed by atoms with Gasteiger partial charge < -0.3 is 30.9 Å². The second-order valence-corrected chi connectivity index (χ2v) is 9.59. The van der Waals surface area contributed by atoms with Crippen molar-refractivity contribution in [3.8, 4) is 5.75 Å². The molecule has 3 aliphatic rings. The van der Waals surface area contributed by atoms with Gasteiger partial charge in [0.1, 0.15) is 12.3 Å². The Labute approximate surface area is 221 Å². The summed E-state index contributed by atoms with van der Waals surface area (Å²) in [5, 5.41) is 0. The van der Waals surface area contributed by atoms with Crippen molar-refractivity contribution in [1.29, 1.82) is 0 Å². The topological polar surface area (TPSA) is 52.6 Å². The number of carbonyl (C=O) groups is 2. The zero-order chi connectivity index (χ0) is 24.3. The number of benzene rings is 3. The van der Waals surface area contributed by atoms with Crippen LogP contribution in [0.3, 0.4) is 0 Å². The van der Waals surface area contributed by atoms with Gasteiger partial charge in [-0.1, -0.05) is 78.9 Å². The van der Waals surface area contributed by atoms with Gasteiger partial charge in [0.15, 0.2) is 12.6 Å². The number of ether oxygens (including phenoxy) is 2. The van der Waals surface area contributed by atoms with Crippen molar-refractivity contribution < 1.29 is 44.9 Å². The van der Waals surface area contributed by atoms with Crippen molar-refractivity contribution in [3.63, 3.8) is 0 Å². The van der Waals surface area contributed by atoms with Crippen LogP contribution < -0.4 is 21.7 Å². The molecule has 5 nitrogen and oxygen atoms in total. The molecule has 6 rings (SSSR count). The average Bonchev–Trinajstić information content (AvgIpc) is 2.90. The van der Waals surface area contributed by atoms with E-state index in [1.165, 1.54) is 0 Å². The van der Waals surface area contributed by atoms with Crippen LogP contribution in [0.2, 0.25) is 0 Å². The summed E-state index contributed by atoms with van der Waals surface area (Å²) in [6, 6.07) is 25.9. The van der Waals surface area contributed by atoms with E-state index in [-0.39, 0.29) is 46.5 Å². The van der Waals surface area contributed by atoms with E-state index >= 15 is 4.39 Å². The summed E-state index contributed by atoms with van der Waals surface area (Å²) in [5.74, 6) is -0.535. The van der Waals surface area contributed by atoms with E-state index in [1.54, 1.807) is 72.8 Å². The number of rotatable bonds is 7. The Hall–Kier alpha value is -3.03. The maximum absolute atomic E-state index is 16.6. The lowest BCUT2D eigenvalue weighted by Crippen LogP contribution is -3.00. The van der Waals surface area contributed by atoms with Crippen LogP contribution >= 0.6 is 0 Å². The summed E-state index contributed by atoms with van der Waals surface area (Å²) in [5.41, 5.74) is -1.92. The highest BCUT2D eigenvalue weighted by Gasteiger charge is 2.52. The lowest BCUT2D eigenvalue weighted by atomic mass is 9.82. The number of halogens is 2. The zero-order valence-electron chi connectivity index (χ0n) is 19.9. The molecule has 3 fully saturated rings. The molecule has 2 bridgehead atoms. The molecule has 36 heavy (non-hydrogen) atoms. The second-order valence-electron chi connectivity index (χ2n) is 9.59. The van der Waals surface area contributed by atoms with Crippen LogP contribution in [0.1, 0.15) is 24.0 Å². The number of hydrogen-bond acceptors (Lipinski definition) is 4. The zero-order valence-corrected chi connectivity index (χ0v) is 21.5. The molecular weight excluding hydrogens is 525 g/mol. The van der Waals surface area contributed by atoms with Gasteiger partial charge in [0.25, 0.3) is 5.67 Å². The van der Waals surface area contributed by atoms with Crippen molar-refractivity contribution >= 4 is 11.9 Å². The number of para-hydroxylation sites is 1. The molecule has 1 atom stereocenters. The van der Waals surface area contributed by atoms with Gasteiger partial charge in [-0.05, 0) is 12.1 Å². The molecule has 3 aromatic rings. The summed E-state index contributed by atoms with van der Waals surface area (Å²) in [6.07, 6.45) is 1.20. The van der Waals surface area contributed by atoms with Crippen LogP contribution in [0, 0.1) is 5.92 Å². The number of alkyl halides is 1. The molecular formula is C29H29BrFNO4. The summed E-state index contributed by atoms with van der Waals surface area (Å²) in [6.45, 7) is 2.33. The molecule has 3 aromatic carbocycles. The summed E-state index contributed by atoms with van der Waals surface area (Å²) >= 11 is 0. The van der Waals surface area contributed by atoms with E-state index < -0.39 is 17.7 Å². The van der Waals surface area contributed by atoms with Gasteiger partial charge >= 0.3 is 11.9 Å². The van der Waals surface area contributed by atoms with E-state index in [0.29, 0.717) is 16.8 Å². The third-order valence-electron chi connectivity index (χ3n) is 7.36. The molecule has 0 aliphatic carbocycles. The lowest BCUT2D eigenvalue weighted by molar-refractivity contribution is -0.939. The molecule has 0 saturated carbocycles. The maximum atomic E-state index is 16.6. The Bertz CT molecular complexity index is 1130. The van der Waals surface area contributed by atoms with Crippen LogP contribution in [0.25, 0.3) is 0 Å². The summed E-state index contributed by atoms with van der Waals surface area (Å²) < 4.78 is 28.6. The Morgan fingerprint density at radius 3 is 1.86 bits per heavy atom. The molecule has 0 spiro atoms. The minimum absolute atomic E-state index is 0. The predicted octanol–water partition coefficient (Wildman–Crippen LogP) is 1.66. The lowest BCUT2D eigenvalue weighted by Gasteiger charge is -2.51. The van der Waals surface area contributed by atoms with Crippen molar-refractivity contribution in [2.75, 3.05) is 26.2 Å². The number of nitrogens with zero attached hydrogens (tertiary/aromatic N) is 1. The maximum Gasteiger partial charge on any atom is 0.367 e. The van der Waals surface area contributed by atoms with Gasteiger partial charge in [0.05, 0.1) is 13.1 Å². The Kier molecular flexibility index (Phi) is 7.91. The number of esters is 2. The third kappa shape index (κ3) is 5.22. The van der Waals surface area contributed by atoms with E-state index in [2.05, 4.69) is 0 Å². The normalized spacial score (nSPS) is 22.8. The van der Waals surface area contributed by atoms with Crippen LogP contribution in [0.4, 0.5) is 4.39 Å². The molecule has 0 unspecified atom stereocenters. The minimum Gasteiger partial charge on any atom is -1.00 e. The number of carbonyl (C=O) groups excluding carboxylic acids is 2. The van der Waals surface area contributed by atoms with E-state index in [0.717, 1.165) is 25.9 Å². The van der Waals surface area contributed by atoms with Crippen molar-refractivity contribution in [2.24, 2.45) is 5.92 Å². The molecule has 0 amide bonds. The monoisotopic (exact) mass is 553 g/mol. The quantitative estimate of drug-likeness (QED) is 0.254. The molecule has 3 heterocycles. The largest absolute Gasteiger partial charge is 1.00 e. The predicted molar refractivity (Wildman–Crippen MR) is 129 cm³/mol. The van der Waals surface area contributed by atoms with E-state index in [9.17, 15) is 9.59 Å². The highest BCUT2D eigenvalue weighted by atomic mass is 79.9. The van der Waals surface area contributed by atoms with Crippen LogP contribution in [-0.4, -0.2) is 48.7 Å². The molecule has 7 heteroatoms. The standard InChI is InChI=1S/C29H29FNO4.BrH/c30-29(23-10-4-1-5-11-23,24-12-6-2-7-13-24)28(33)35-26-20-31(18-16-22(26)17-19-31)21-27(32)34-25-14-8-3-9-15-25;/h1-15,22,26H,16-21H2;1H/q+1;/p-1/t22?,26-,31?;/m0./s1. The van der Waals surface area contributed by atoms with Crippen molar-refractivity contribution in [2.45, 2.75) is 24.6 Å². The van der Waals surface area contributed by atoms with Crippen molar-refractivity contribution in [3.05, 3.63) is 102 Å². The smallest absolute Gasteiger partial charge is 0.367 e. The first-order valence-corrected chi connectivity index (χ1v) is 12.1. The molecule has 3 aliphatic heterocycles. The van der Waals surface area contributed by atoms with E-state index in [1.807, 2.05) is 18.2 Å². The molecule has 0 radical (unpaired) electrons. The third-order valence-corrected chi connectivity index (χ3v) is 7.36. The van der Waals surface area contributed by atoms with Crippen LogP contribution in [-0.2, 0) is 20.0 Å². The van der Waals surface area contributed by atoms with Gasteiger partial charge in [-0.3, -0.25) is 0 Å². The summed E-state index contributed by atoms with van der Waals surface area (Å²) in [4.78, 5) is 26.2. The fourth-order valence-corrected chi connectivity index (χ4v) is 5.46. The van der Waals surface area contributed by atoms with Gasteiger partial charge in [-0.2, -0.15) is 0 Å². The van der Waals surface area contributed by atoms with Gasteiger partial charge in [-0.25, -0.2) is 14.0 Å². The molecule has 0 aromatic heterocycles. The van der Waals surface area contributed by atoms with Gasteiger partial charge in [0, 0.05) is 29.9 Å². The molecule has 3 saturated heterocycles. The number of quaternary nitrogens is 1. The highest BCUT2D eigenvalue weighted by molar-refractivity contribution is 5.85. The first-order valence-electron chi connectivity index (χ1n) is 12.1. The molecule has 188 valence electrons. The Balaban J connectivity index is 0.00000304. The highest BCUT2D eigenvalue weighted by Crippen LogP contribution is 2.40. The number of hydrogen-bond donors (Lipinski definition) is 0. The van der Waals surface area contributed by atoms with Gasteiger partial charge in [-0.15, -0.1) is 0 Å². The van der Waals surface area contributed by atoms with E-state index in [4.69, 9.17) is 9.47 Å².